The van der Waals surface area contributed by atoms with Crippen LogP contribution >= 0.6 is 15.9 Å². The Morgan fingerprint density at radius 3 is 2.53 bits per heavy atom. The topological polar surface area (TPSA) is 3.24 Å². The van der Waals surface area contributed by atoms with E-state index in [-0.39, 0.29) is 0 Å². The molecule has 1 heterocycles. The largest absolute Gasteiger partial charge is 0.369 e. The maximum atomic E-state index is 3.73. The van der Waals surface area contributed by atoms with Gasteiger partial charge in [-0.25, -0.2) is 0 Å². The lowest BCUT2D eigenvalue weighted by molar-refractivity contribution is 0.139. The van der Waals surface area contributed by atoms with Gasteiger partial charge in [0.2, 0.25) is 0 Å². The minimum Gasteiger partial charge on any atom is -0.369 e. The van der Waals surface area contributed by atoms with E-state index in [2.05, 4.69) is 46.0 Å². The molecule has 0 N–H and O–H groups in total. The van der Waals surface area contributed by atoms with E-state index in [0.29, 0.717) is 5.41 Å². The van der Waals surface area contributed by atoms with Crippen LogP contribution in [0.3, 0.4) is 0 Å². The van der Waals surface area contributed by atoms with Gasteiger partial charge in [-0.3, -0.25) is 0 Å². The van der Waals surface area contributed by atoms with Crippen molar-refractivity contribution in [2.24, 2.45) is 5.41 Å². The Labute approximate surface area is 112 Å². The predicted molar refractivity (Wildman–Crippen MR) is 76.6 cm³/mol. The quantitative estimate of drug-likeness (QED) is 0.735. The van der Waals surface area contributed by atoms with Crippen LogP contribution in [0, 0.1) is 12.3 Å². The van der Waals surface area contributed by atoms with E-state index in [1.807, 2.05) is 0 Å². The minimum atomic E-state index is 0.668. The Hall–Kier alpha value is -0.500. The van der Waals surface area contributed by atoms with Gasteiger partial charge >= 0.3 is 0 Å². The molecule has 0 amide bonds. The highest BCUT2D eigenvalue weighted by Gasteiger charge is 2.43. The van der Waals surface area contributed by atoms with Gasteiger partial charge in [-0.1, -0.05) is 31.4 Å². The van der Waals surface area contributed by atoms with Crippen LogP contribution in [-0.4, -0.2) is 13.1 Å². The maximum absolute atomic E-state index is 3.73. The Morgan fingerprint density at radius 2 is 1.82 bits per heavy atom. The lowest BCUT2D eigenvalue weighted by Crippen LogP contribution is -2.57. The molecule has 1 aromatic rings. The first-order chi connectivity index (χ1) is 8.20. The Morgan fingerprint density at radius 1 is 1.12 bits per heavy atom. The summed E-state index contributed by atoms with van der Waals surface area (Å²) < 4.78 is 1.28. The van der Waals surface area contributed by atoms with Crippen molar-refractivity contribution in [1.82, 2.24) is 0 Å². The van der Waals surface area contributed by atoms with Crippen molar-refractivity contribution in [1.29, 1.82) is 0 Å². The number of anilines is 1. The molecule has 1 nitrogen and oxygen atoms in total. The summed E-state index contributed by atoms with van der Waals surface area (Å²) in [7, 11) is 0. The number of nitrogens with zero attached hydrogens (tertiary/aromatic N) is 1. The molecular formula is C15H20BrN. The van der Waals surface area contributed by atoms with Gasteiger partial charge in [0.25, 0.3) is 0 Å². The van der Waals surface area contributed by atoms with E-state index in [9.17, 15) is 0 Å². The molecule has 0 unspecified atom stereocenters. The summed E-state index contributed by atoms with van der Waals surface area (Å²) in [6, 6.07) is 6.58. The average molecular weight is 294 g/mol. The standard InChI is InChI=1S/C15H20BrN/c1-12-6-5-7-13(14(12)16)17-10-15(11-17)8-3-2-4-9-15/h5-7H,2-4,8-11H2,1H3. The van der Waals surface area contributed by atoms with Crippen LogP contribution in [0.25, 0.3) is 0 Å². The van der Waals surface area contributed by atoms with Crippen molar-refractivity contribution in [2.75, 3.05) is 18.0 Å². The smallest absolute Gasteiger partial charge is 0.0513 e. The van der Waals surface area contributed by atoms with Gasteiger partial charge in [0.15, 0.2) is 0 Å². The first-order valence-electron chi connectivity index (χ1n) is 6.70. The molecule has 1 aliphatic heterocycles. The molecule has 2 fully saturated rings. The van der Waals surface area contributed by atoms with Crippen LogP contribution in [0.2, 0.25) is 0 Å². The molecule has 1 saturated heterocycles. The molecule has 2 aliphatic rings. The van der Waals surface area contributed by atoms with E-state index in [0.717, 1.165) is 0 Å². The average Bonchev–Trinajstić information content (AvgIpc) is 2.31. The van der Waals surface area contributed by atoms with Crippen LogP contribution in [0.5, 0.6) is 0 Å². The Bertz CT molecular complexity index is 413. The molecule has 0 radical (unpaired) electrons. The molecule has 1 aromatic carbocycles. The maximum Gasteiger partial charge on any atom is 0.0513 e. The molecule has 17 heavy (non-hydrogen) atoms. The first kappa shape index (κ1) is 11.6. The zero-order valence-corrected chi connectivity index (χ0v) is 12.1. The van der Waals surface area contributed by atoms with E-state index in [1.165, 1.54) is 60.9 Å². The Kier molecular flexibility index (Phi) is 2.94. The van der Waals surface area contributed by atoms with Crippen molar-refractivity contribution in [3.05, 3.63) is 28.2 Å². The van der Waals surface area contributed by atoms with Gasteiger partial charge < -0.3 is 4.90 Å². The SMILES string of the molecule is Cc1cccc(N2CC3(CCCCC3)C2)c1Br. The molecule has 2 heteroatoms. The summed E-state index contributed by atoms with van der Waals surface area (Å²) in [5.74, 6) is 0. The van der Waals surface area contributed by atoms with E-state index < -0.39 is 0 Å². The van der Waals surface area contributed by atoms with Crippen LogP contribution in [0.4, 0.5) is 5.69 Å². The lowest BCUT2D eigenvalue weighted by atomic mass is 9.68. The minimum absolute atomic E-state index is 0.668. The number of rotatable bonds is 1. The van der Waals surface area contributed by atoms with Gasteiger partial charge in [0.05, 0.1) is 5.69 Å². The second-order valence-corrected chi connectivity index (χ2v) is 6.62. The van der Waals surface area contributed by atoms with Gasteiger partial charge in [0, 0.05) is 23.0 Å². The number of benzene rings is 1. The van der Waals surface area contributed by atoms with Gasteiger partial charge in [-0.05, 0) is 47.3 Å². The molecule has 92 valence electrons. The Balaban J connectivity index is 1.74. The van der Waals surface area contributed by atoms with Crippen molar-refractivity contribution in [3.8, 4) is 0 Å². The van der Waals surface area contributed by atoms with Gasteiger partial charge in [0.1, 0.15) is 0 Å². The molecule has 0 atom stereocenters. The number of halogens is 1. The molecule has 1 saturated carbocycles. The number of hydrogen-bond acceptors (Lipinski definition) is 1. The van der Waals surface area contributed by atoms with Crippen LogP contribution < -0.4 is 4.90 Å². The molecule has 0 bridgehead atoms. The third-order valence-corrected chi connectivity index (χ3v) is 5.51. The van der Waals surface area contributed by atoms with Crippen molar-refractivity contribution >= 4 is 21.6 Å². The highest BCUT2D eigenvalue weighted by molar-refractivity contribution is 9.10. The van der Waals surface area contributed by atoms with Crippen molar-refractivity contribution in [3.63, 3.8) is 0 Å². The van der Waals surface area contributed by atoms with Crippen LogP contribution in [-0.2, 0) is 0 Å². The first-order valence-corrected chi connectivity index (χ1v) is 7.50. The zero-order chi connectivity index (χ0) is 11.9. The summed E-state index contributed by atoms with van der Waals surface area (Å²) in [5, 5.41) is 0. The lowest BCUT2D eigenvalue weighted by Gasteiger charge is -2.54. The summed E-state index contributed by atoms with van der Waals surface area (Å²) in [5.41, 5.74) is 3.40. The van der Waals surface area contributed by atoms with Crippen LogP contribution in [0.15, 0.2) is 22.7 Å². The predicted octanol–water partition coefficient (Wildman–Crippen LogP) is 4.53. The second-order valence-electron chi connectivity index (χ2n) is 5.82. The van der Waals surface area contributed by atoms with Gasteiger partial charge in [-0.2, -0.15) is 0 Å². The monoisotopic (exact) mass is 293 g/mol. The van der Waals surface area contributed by atoms with E-state index >= 15 is 0 Å². The fourth-order valence-corrected chi connectivity index (χ4v) is 3.94. The van der Waals surface area contributed by atoms with Crippen LogP contribution in [0.1, 0.15) is 37.7 Å². The highest BCUT2D eigenvalue weighted by atomic mass is 79.9. The summed E-state index contributed by atoms with van der Waals surface area (Å²) in [6.45, 7) is 4.72. The zero-order valence-electron chi connectivity index (χ0n) is 10.5. The third kappa shape index (κ3) is 2.01. The molecule has 1 aliphatic carbocycles. The number of hydrogen-bond donors (Lipinski definition) is 0. The number of aryl methyl sites for hydroxylation is 1. The van der Waals surface area contributed by atoms with E-state index in [4.69, 9.17) is 0 Å². The fourth-order valence-electron chi connectivity index (χ4n) is 3.43. The fraction of sp³-hybridized carbons (Fsp3) is 0.600. The van der Waals surface area contributed by atoms with Gasteiger partial charge in [-0.15, -0.1) is 0 Å². The van der Waals surface area contributed by atoms with E-state index in [1.54, 1.807) is 0 Å². The molecule has 0 aromatic heterocycles. The normalized spacial score (nSPS) is 22.6. The highest BCUT2D eigenvalue weighted by Crippen LogP contribution is 2.47. The summed E-state index contributed by atoms with van der Waals surface area (Å²) >= 11 is 3.73. The van der Waals surface area contributed by atoms with Crippen molar-refractivity contribution < 1.29 is 0 Å². The van der Waals surface area contributed by atoms with Crippen molar-refractivity contribution in [2.45, 2.75) is 39.0 Å². The molecular weight excluding hydrogens is 274 g/mol. The summed E-state index contributed by atoms with van der Waals surface area (Å²) in [6.07, 6.45) is 7.25. The third-order valence-electron chi connectivity index (χ3n) is 4.48. The summed E-state index contributed by atoms with van der Waals surface area (Å²) in [4.78, 5) is 2.54. The molecule has 3 rings (SSSR count). The second kappa shape index (κ2) is 4.31. The molecule has 1 spiro atoms.